The zero-order chi connectivity index (χ0) is 13.8. The fraction of sp³-hybridized carbons (Fsp3) is 0.231. The molecule has 0 spiro atoms. The number of aryl methyl sites for hydroxylation is 1. The van der Waals surface area contributed by atoms with Crippen molar-refractivity contribution in [2.75, 3.05) is 5.75 Å². The minimum Gasteiger partial charge on any atom is -0.478 e. The van der Waals surface area contributed by atoms with Gasteiger partial charge in [-0.3, -0.25) is 0 Å². The van der Waals surface area contributed by atoms with E-state index in [0.717, 1.165) is 16.3 Å². The number of aromatic carboxylic acids is 1. The Hall–Kier alpha value is -1.40. The summed E-state index contributed by atoms with van der Waals surface area (Å²) in [6.45, 7) is 3.82. The van der Waals surface area contributed by atoms with Crippen molar-refractivity contribution in [3.05, 3.63) is 35.7 Å². The molecule has 19 heavy (non-hydrogen) atoms. The van der Waals surface area contributed by atoms with Gasteiger partial charge in [-0.05, 0) is 36.6 Å². The third-order valence-corrected chi connectivity index (χ3v) is 4.16. The molecule has 0 saturated carbocycles. The Kier molecular flexibility index (Phi) is 4.55. The first kappa shape index (κ1) is 14.0. The molecule has 0 saturated heterocycles. The maximum Gasteiger partial charge on any atom is 0.337 e. The molecule has 0 amide bonds. The lowest BCUT2D eigenvalue weighted by Crippen LogP contribution is -2.01. The van der Waals surface area contributed by atoms with E-state index in [4.69, 9.17) is 4.42 Å². The van der Waals surface area contributed by atoms with Crippen LogP contribution in [0.4, 0.5) is 0 Å². The van der Waals surface area contributed by atoms with Crippen molar-refractivity contribution < 1.29 is 14.3 Å². The first-order valence-electron chi connectivity index (χ1n) is 5.71. The summed E-state index contributed by atoms with van der Waals surface area (Å²) < 4.78 is 5.25. The van der Waals surface area contributed by atoms with Gasteiger partial charge in [-0.25, -0.2) is 9.78 Å². The van der Waals surface area contributed by atoms with E-state index < -0.39 is 5.97 Å². The van der Waals surface area contributed by atoms with Gasteiger partial charge in [0.2, 0.25) is 0 Å². The van der Waals surface area contributed by atoms with Crippen molar-refractivity contribution in [1.82, 2.24) is 4.98 Å². The Morgan fingerprint density at radius 3 is 2.74 bits per heavy atom. The molecule has 6 heteroatoms. The van der Waals surface area contributed by atoms with E-state index in [9.17, 15) is 9.90 Å². The molecular weight excluding hydrogens is 282 g/mol. The third kappa shape index (κ3) is 3.33. The third-order valence-electron chi connectivity index (χ3n) is 2.30. The van der Waals surface area contributed by atoms with Crippen LogP contribution < -0.4 is 0 Å². The molecule has 0 fully saturated rings. The van der Waals surface area contributed by atoms with Gasteiger partial charge >= 0.3 is 5.97 Å². The summed E-state index contributed by atoms with van der Waals surface area (Å²) in [6.07, 6.45) is 1.55. The highest BCUT2D eigenvalue weighted by molar-refractivity contribution is 8.00. The minimum atomic E-state index is -0.928. The fourth-order valence-electron chi connectivity index (χ4n) is 1.56. The summed E-state index contributed by atoms with van der Waals surface area (Å²) in [4.78, 5) is 17.0. The van der Waals surface area contributed by atoms with Crippen molar-refractivity contribution in [2.45, 2.75) is 28.9 Å². The second-order valence-electron chi connectivity index (χ2n) is 3.72. The molecule has 0 aliphatic carbocycles. The number of rotatable bonds is 5. The molecule has 0 aliphatic heterocycles. The van der Waals surface area contributed by atoms with E-state index in [1.54, 1.807) is 12.3 Å². The Balaban J connectivity index is 2.38. The van der Waals surface area contributed by atoms with Gasteiger partial charge in [0, 0.05) is 9.79 Å². The fourth-order valence-corrected chi connectivity index (χ4v) is 3.37. The standard InChI is InChI=1S/C13H13NO3S2/c1-3-18-9-5-4-6-10(11(9)12(15)16)19-13-14-8(2)7-17-13/h4-7H,3H2,1-2H3,(H,15,16). The summed E-state index contributed by atoms with van der Waals surface area (Å²) in [5.41, 5.74) is 1.09. The predicted molar refractivity (Wildman–Crippen MR) is 75.2 cm³/mol. The zero-order valence-electron chi connectivity index (χ0n) is 10.5. The van der Waals surface area contributed by atoms with E-state index in [0.29, 0.717) is 15.7 Å². The van der Waals surface area contributed by atoms with Gasteiger partial charge in [0.05, 0.1) is 11.3 Å². The zero-order valence-corrected chi connectivity index (χ0v) is 12.2. The second kappa shape index (κ2) is 6.16. The van der Waals surface area contributed by atoms with Gasteiger partial charge in [-0.2, -0.15) is 0 Å². The summed E-state index contributed by atoms with van der Waals surface area (Å²) in [7, 11) is 0. The van der Waals surface area contributed by atoms with E-state index in [1.165, 1.54) is 23.5 Å². The Labute approximate surface area is 119 Å². The maximum absolute atomic E-state index is 11.4. The highest BCUT2D eigenvalue weighted by Crippen LogP contribution is 2.35. The van der Waals surface area contributed by atoms with Crippen LogP contribution in [0.5, 0.6) is 0 Å². The summed E-state index contributed by atoms with van der Waals surface area (Å²) in [6, 6.07) is 5.44. The number of carboxylic acids is 1. The quantitative estimate of drug-likeness (QED) is 0.843. The molecule has 1 aromatic heterocycles. The lowest BCUT2D eigenvalue weighted by Gasteiger charge is -2.08. The van der Waals surface area contributed by atoms with Gasteiger partial charge in [0.25, 0.3) is 5.22 Å². The lowest BCUT2D eigenvalue weighted by atomic mass is 10.2. The van der Waals surface area contributed by atoms with Crippen molar-refractivity contribution >= 4 is 29.5 Å². The summed E-state index contributed by atoms with van der Waals surface area (Å²) in [5.74, 6) is -0.102. The number of thioether (sulfide) groups is 1. The van der Waals surface area contributed by atoms with Crippen LogP contribution >= 0.6 is 23.5 Å². The van der Waals surface area contributed by atoms with E-state index >= 15 is 0 Å². The van der Waals surface area contributed by atoms with Gasteiger partial charge < -0.3 is 9.52 Å². The van der Waals surface area contributed by atoms with Crippen LogP contribution in [-0.4, -0.2) is 21.8 Å². The van der Waals surface area contributed by atoms with Gasteiger partial charge in [-0.15, -0.1) is 11.8 Å². The Morgan fingerprint density at radius 2 is 2.16 bits per heavy atom. The Bertz CT molecular complexity index is 595. The number of oxazole rings is 1. The highest BCUT2D eigenvalue weighted by atomic mass is 32.2. The van der Waals surface area contributed by atoms with Crippen LogP contribution in [-0.2, 0) is 0 Å². The van der Waals surface area contributed by atoms with Crippen LogP contribution in [0.25, 0.3) is 0 Å². The van der Waals surface area contributed by atoms with Crippen molar-refractivity contribution in [2.24, 2.45) is 0 Å². The van der Waals surface area contributed by atoms with Crippen LogP contribution in [0.15, 0.2) is 43.9 Å². The maximum atomic E-state index is 11.4. The highest BCUT2D eigenvalue weighted by Gasteiger charge is 2.17. The number of benzene rings is 1. The molecule has 4 nitrogen and oxygen atoms in total. The average Bonchev–Trinajstić information content (AvgIpc) is 2.75. The molecule has 1 heterocycles. The number of carboxylic acid groups (broad SMARTS) is 1. The molecule has 0 radical (unpaired) electrons. The Morgan fingerprint density at radius 1 is 1.42 bits per heavy atom. The monoisotopic (exact) mass is 295 g/mol. The molecule has 1 N–H and O–H groups in total. The van der Waals surface area contributed by atoms with E-state index in [2.05, 4.69) is 4.98 Å². The molecule has 2 aromatic rings. The van der Waals surface area contributed by atoms with Gasteiger partial charge in [-0.1, -0.05) is 13.0 Å². The number of aromatic nitrogens is 1. The van der Waals surface area contributed by atoms with Crippen LogP contribution in [0.1, 0.15) is 23.0 Å². The molecule has 0 atom stereocenters. The first-order chi connectivity index (χ1) is 9.11. The smallest absolute Gasteiger partial charge is 0.337 e. The van der Waals surface area contributed by atoms with Gasteiger partial charge in [0.15, 0.2) is 0 Å². The average molecular weight is 295 g/mol. The normalized spacial score (nSPS) is 10.6. The molecular formula is C13H13NO3S2. The molecule has 0 unspecified atom stereocenters. The van der Waals surface area contributed by atoms with Gasteiger partial charge in [0.1, 0.15) is 6.26 Å². The number of hydrogen-bond acceptors (Lipinski definition) is 5. The largest absolute Gasteiger partial charge is 0.478 e. The van der Waals surface area contributed by atoms with E-state index in [1.807, 2.05) is 26.0 Å². The van der Waals surface area contributed by atoms with Crippen LogP contribution in [0, 0.1) is 6.92 Å². The molecule has 100 valence electrons. The van der Waals surface area contributed by atoms with Crippen molar-refractivity contribution in [3.8, 4) is 0 Å². The number of hydrogen-bond donors (Lipinski definition) is 1. The van der Waals surface area contributed by atoms with Crippen molar-refractivity contribution in [3.63, 3.8) is 0 Å². The van der Waals surface area contributed by atoms with Crippen LogP contribution in [0.2, 0.25) is 0 Å². The molecule has 2 rings (SSSR count). The number of nitrogens with zero attached hydrogens (tertiary/aromatic N) is 1. The second-order valence-corrected chi connectivity index (χ2v) is 6.02. The predicted octanol–water partition coefficient (Wildman–Crippen LogP) is 3.94. The first-order valence-corrected chi connectivity index (χ1v) is 7.51. The molecule has 0 aliphatic rings. The summed E-state index contributed by atoms with van der Waals surface area (Å²) in [5, 5.41) is 9.84. The lowest BCUT2D eigenvalue weighted by molar-refractivity contribution is 0.0689. The number of carbonyl (C=O) groups is 1. The molecule has 1 aromatic carbocycles. The summed E-state index contributed by atoms with van der Waals surface area (Å²) >= 11 is 2.75. The van der Waals surface area contributed by atoms with Crippen LogP contribution in [0.3, 0.4) is 0 Å². The topological polar surface area (TPSA) is 63.3 Å². The van der Waals surface area contributed by atoms with E-state index in [-0.39, 0.29) is 0 Å². The minimum absolute atomic E-state index is 0.315. The molecule has 0 bridgehead atoms. The van der Waals surface area contributed by atoms with Crippen molar-refractivity contribution in [1.29, 1.82) is 0 Å². The SMILES string of the molecule is CCSc1cccc(Sc2nc(C)co2)c1C(=O)O.